The molecule has 1 atom stereocenters. The molecule has 1 aliphatic rings. The summed E-state index contributed by atoms with van der Waals surface area (Å²) in [5.41, 5.74) is 5.30. The number of fused-ring (bicyclic) bond motifs is 2. The lowest BCUT2D eigenvalue weighted by molar-refractivity contribution is 0.0174. The first-order chi connectivity index (χ1) is 22.6. The van der Waals surface area contributed by atoms with Gasteiger partial charge in [-0.05, 0) is 64.3 Å². The van der Waals surface area contributed by atoms with Gasteiger partial charge in [0.2, 0.25) is 10.0 Å². The molecule has 0 saturated carbocycles. The van der Waals surface area contributed by atoms with E-state index in [4.69, 9.17) is 9.15 Å². The minimum Gasteiger partial charge on any atom is -0.455 e. The summed E-state index contributed by atoms with van der Waals surface area (Å²) in [4.78, 5) is 32.7. The molecule has 3 aromatic carbocycles. The average molecular weight is 672 g/mol. The molecule has 1 saturated heterocycles. The number of aromatic nitrogens is 2. The summed E-state index contributed by atoms with van der Waals surface area (Å²) < 4.78 is 41.1. The SMILES string of the molecule is CNC(=O)c1c(-c2ccc(C)cc2)oc2cc(N(C)S(C)(=O)=O)c(-c3ccc4ncn(C5CCCN(C(=O)OC(C)(C)C)C5)c4c3)cc12. The van der Waals surface area contributed by atoms with Gasteiger partial charge in [-0.25, -0.2) is 18.2 Å². The Morgan fingerprint density at radius 2 is 1.77 bits per heavy atom. The summed E-state index contributed by atoms with van der Waals surface area (Å²) >= 11 is 0. The highest BCUT2D eigenvalue weighted by Gasteiger charge is 2.30. The number of nitrogens with zero attached hydrogens (tertiary/aromatic N) is 4. The zero-order valence-corrected chi connectivity index (χ0v) is 29.1. The molecule has 1 unspecified atom stereocenters. The Balaban J connectivity index is 1.50. The van der Waals surface area contributed by atoms with Crippen molar-refractivity contribution in [3.63, 3.8) is 0 Å². The van der Waals surface area contributed by atoms with Crippen LogP contribution in [0.4, 0.5) is 10.5 Å². The van der Waals surface area contributed by atoms with Gasteiger partial charge in [-0.1, -0.05) is 35.9 Å². The Labute approximate surface area is 280 Å². The van der Waals surface area contributed by atoms with E-state index in [9.17, 15) is 18.0 Å². The number of anilines is 1. The topological polar surface area (TPSA) is 127 Å². The van der Waals surface area contributed by atoms with Crippen LogP contribution in [0.1, 0.15) is 55.6 Å². The van der Waals surface area contributed by atoms with Gasteiger partial charge in [0.15, 0.2) is 0 Å². The maximum atomic E-state index is 13.4. The zero-order chi connectivity index (χ0) is 34.5. The first-order valence-corrected chi connectivity index (χ1v) is 17.8. The molecule has 0 radical (unpaired) electrons. The van der Waals surface area contributed by atoms with E-state index in [2.05, 4.69) is 14.9 Å². The molecule has 1 aliphatic heterocycles. The van der Waals surface area contributed by atoms with E-state index in [1.807, 2.05) is 76.2 Å². The van der Waals surface area contributed by atoms with E-state index in [0.29, 0.717) is 46.6 Å². The molecular formula is C36H41N5O6S. The van der Waals surface area contributed by atoms with Crippen LogP contribution < -0.4 is 9.62 Å². The van der Waals surface area contributed by atoms with Crippen molar-refractivity contribution in [1.82, 2.24) is 19.8 Å². The van der Waals surface area contributed by atoms with Crippen molar-refractivity contribution in [2.24, 2.45) is 0 Å². The fourth-order valence-corrected chi connectivity index (χ4v) is 6.73. The average Bonchev–Trinajstić information content (AvgIpc) is 3.63. The number of carbonyl (C=O) groups excluding carboxylic acids is 2. The number of sulfonamides is 1. The predicted octanol–water partition coefficient (Wildman–Crippen LogP) is 6.75. The second kappa shape index (κ2) is 12.3. The highest BCUT2D eigenvalue weighted by Crippen LogP contribution is 2.42. The number of carbonyl (C=O) groups is 2. The van der Waals surface area contributed by atoms with Gasteiger partial charge in [0.05, 0.1) is 40.9 Å². The van der Waals surface area contributed by atoms with Gasteiger partial charge in [0.1, 0.15) is 16.9 Å². The molecule has 48 heavy (non-hydrogen) atoms. The van der Waals surface area contributed by atoms with Crippen LogP contribution >= 0.6 is 0 Å². The van der Waals surface area contributed by atoms with Crippen molar-refractivity contribution in [3.8, 4) is 22.5 Å². The summed E-state index contributed by atoms with van der Waals surface area (Å²) in [5.74, 6) is 0.0784. The van der Waals surface area contributed by atoms with Crippen molar-refractivity contribution in [1.29, 1.82) is 0 Å². The smallest absolute Gasteiger partial charge is 0.410 e. The van der Waals surface area contributed by atoms with Crippen LogP contribution in [0.2, 0.25) is 0 Å². The van der Waals surface area contributed by atoms with Gasteiger partial charge < -0.3 is 23.9 Å². The largest absolute Gasteiger partial charge is 0.455 e. The van der Waals surface area contributed by atoms with Gasteiger partial charge in [0.25, 0.3) is 5.91 Å². The molecule has 5 aromatic rings. The summed E-state index contributed by atoms with van der Waals surface area (Å²) in [6, 6.07) is 16.9. The summed E-state index contributed by atoms with van der Waals surface area (Å²) in [6.45, 7) is 8.64. The Hall–Kier alpha value is -4.84. The number of benzene rings is 3. The number of rotatable bonds is 6. The third-order valence-corrected chi connectivity index (χ3v) is 9.93. The molecule has 1 N–H and O–H groups in total. The van der Waals surface area contributed by atoms with Crippen LogP contribution in [0, 0.1) is 6.92 Å². The van der Waals surface area contributed by atoms with E-state index in [1.165, 1.54) is 11.4 Å². The molecule has 0 spiro atoms. The van der Waals surface area contributed by atoms with Crippen molar-refractivity contribution < 1.29 is 27.2 Å². The molecule has 6 rings (SSSR count). The van der Waals surface area contributed by atoms with Crippen LogP contribution in [-0.2, 0) is 14.8 Å². The Morgan fingerprint density at radius 1 is 1.06 bits per heavy atom. The normalized spacial score (nSPS) is 15.6. The van der Waals surface area contributed by atoms with Crippen LogP contribution in [-0.4, -0.2) is 73.9 Å². The molecule has 2 aromatic heterocycles. The highest BCUT2D eigenvalue weighted by atomic mass is 32.2. The molecule has 3 heterocycles. The minimum absolute atomic E-state index is 0.0297. The molecule has 1 fully saturated rings. The van der Waals surface area contributed by atoms with Crippen molar-refractivity contribution >= 4 is 49.7 Å². The van der Waals surface area contributed by atoms with E-state index < -0.39 is 15.6 Å². The zero-order valence-electron chi connectivity index (χ0n) is 28.3. The fourth-order valence-electron chi connectivity index (χ4n) is 6.22. The van der Waals surface area contributed by atoms with Crippen LogP contribution in [0.5, 0.6) is 0 Å². The van der Waals surface area contributed by atoms with Gasteiger partial charge in [0, 0.05) is 49.8 Å². The van der Waals surface area contributed by atoms with Crippen molar-refractivity contribution in [3.05, 3.63) is 72.1 Å². The summed E-state index contributed by atoms with van der Waals surface area (Å²) in [7, 11) is -0.609. The van der Waals surface area contributed by atoms with Gasteiger partial charge in [-0.2, -0.15) is 0 Å². The lowest BCUT2D eigenvalue weighted by Crippen LogP contribution is -2.43. The molecule has 2 amide bonds. The van der Waals surface area contributed by atoms with Crippen molar-refractivity contribution in [2.75, 3.05) is 37.7 Å². The fraction of sp³-hybridized carbons (Fsp3) is 0.361. The number of hydrogen-bond acceptors (Lipinski definition) is 7. The van der Waals surface area contributed by atoms with E-state index >= 15 is 0 Å². The van der Waals surface area contributed by atoms with Gasteiger partial charge in [-0.3, -0.25) is 9.10 Å². The summed E-state index contributed by atoms with van der Waals surface area (Å²) in [6.07, 6.45) is 4.27. The van der Waals surface area contributed by atoms with Crippen LogP contribution in [0.25, 0.3) is 44.5 Å². The first kappa shape index (κ1) is 33.1. The number of hydrogen-bond donors (Lipinski definition) is 1. The van der Waals surface area contributed by atoms with E-state index in [1.54, 1.807) is 24.3 Å². The number of nitrogens with one attached hydrogen (secondary N) is 1. The predicted molar refractivity (Wildman–Crippen MR) is 188 cm³/mol. The molecule has 11 nitrogen and oxygen atoms in total. The molecular weight excluding hydrogens is 630 g/mol. The quantitative estimate of drug-likeness (QED) is 0.212. The van der Waals surface area contributed by atoms with Crippen LogP contribution in [0.3, 0.4) is 0 Å². The molecule has 0 aliphatic carbocycles. The third-order valence-electron chi connectivity index (χ3n) is 8.74. The van der Waals surface area contributed by atoms with Crippen LogP contribution in [0.15, 0.2) is 65.3 Å². The number of imidazole rings is 1. The minimum atomic E-state index is -3.68. The maximum Gasteiger partial charge on any atom is 0.410 e. The van der Waals surface area contributed by atoms with Crippen molar-refractivity contribution in [2.45, 2.75) is 52.2 Å². The second-order valence-electron chi connectivity index (χ2n) is 13.4. The Kier molecular flexibility index (Phi) is 8.49. The van der Waals surface area contributed by atoms with Gasteiger partial charge >= 0.3 is 6.09 Å². The third kappa shape index (κ3) is 6.36. The Morgan fingerprint density at radius 3 is 2.44 bits per heavy atom. The standard InChI is InChI=1S/C36H41N5O6S/c1-22-10-12-23(13-11-22)33-32(34(42)37-5)27-18-26(29(19-31(27)46-33)39(6)48(7,44)45)24-14-15-28-30(17-24)41(21-38-28)25-9-8-16-40(20-25)35(43)47-36(2,3)4/h10-15,17-19,21,25H,8-9,16,20H2,1-7H3,(H,37,42). The molecule has 12 heteroatoms. The van der Waals surface area contributed by atoms with E-state index in [0.717, 1.165) is 46.8 Å². The monoisotopic (exact) mass is 671 g/mol. The molecule has 0 bridgehead atoms. The first-order valence-electron chi connectivity index (χ1n) is 15.9. The molecule has 252 valence electrons. The highest BCUT2D eigenvalue weighted by molar-refractivity contribution is 7.92. The number of likely N-dealkylation sites (tertiary alicyclic amines) is 1. The number of aryl methyl sites for hydroxylation is 1. The number of piperidine rings is 1. The van der Waals surface area contributed by atoms with E-state index in [-0.39, 0.29) is 18.0 Å². The number of ether oxygens (including phenoxy) is 1. The lowest BCUT2D eigenvalue weighted by atomic mass is 9.97. The maximum absolute atomic E-state index is 13.4. The second-order valence-corrected chi connectivity index (χ2v) is 15.4. The number of amides is 2. The van der Waals surface area contributed by atoms with Gasteiger partial charge in [-0.15, -0.1) is 0 Å². The number of furan rings is 1. The lowest BCUT2D eigenvalue weighted by Gasteiger charge is -2.34. The Bertz CT molecular complexity index is 2140. The summed E-state index contributed by atoms with van der Waals surface area (Å²) in [5, 5.41) is 3.29.